The minimum atomic E-state index is -0.640. The molecule has 15 heterocycles. The zero-order chi connectivity index (χ0) is 86.8. The van der Waals surface area contributed by atoms with E-state index in [0.29, 0.717) is 42.8 Å². The highest BCUT2D eigenvalue weighted by molar-refractivity contribution is 9.10. The van der Waals surface area contributed by atoms with Crippen molar-refractivity contribution in [3.63, 3.8) is 0 Å². The lowest BCUT2D eigenvalue weighted by atomic mass is 9.89. The van der Waals surface area contributed by atoms with Crippen LogP contribution in [0, 0.1) is 70.0 Å². The Morgan fingerprint density at radius 2 is 0.736 bits per heavy atom. The van der Waals surface area contributed by atoms with Gasteiger partial charge in [-0.25, -0.2) is 43.5 Å². The molecule has 0 radical (unpaired) electrons. The van der Waals surface area contributed by atoms with E-state index in [1.165, 1.54) is 0 Å². The predicted octanol–water partition coefficient (Wildman–Crippen LogP) is 13.6. The number of piperidine rings is 3. The number of amides is 3. The first-order valence-corrected chi connectivity index (χ1v) is 40.7. The molecular weight excluding hydrogens is 1650 g/mol. The Hall–Kier alpha value is -12.8. The monoisotopic (exact) mass is 1740 g/mol. The van der Waals surface area contributed by atoms with Crippen LogP contribution in [0.15, 0.2) is 170 Å². The number of terminal acetylenes is 1. The van der Waals surface area contributed by atoms with Gasteiger partial charge in [0.1, 0.15) is 52.7 Å². The molecule has 12 aromatic rings. The third kappa shape index (κ3) is 21.8. The first-order valence-electron chi connectivity index (χ1n) is 38.8. The number of rotatable bonds is 12. The van der Waals surface area contributed by atoms with E-state index in [1.807, 2.05) is 128 Å². The van der Waals surface area contributed by atoms with Gasteiger partial charge in [0.05, 0.1) is 83.5 Å². The molecule has 15 rings (SSSR count). The lowest BCUT2D eigenvalue weighted by Crippen LogP contribution is -2.53. The van der Waals surface area contributed by atoms with Gasteiger partial charge >= 0.3 is 0 Å². The molecule has 0 unspecified atom stereocenters. The number of halogens is 4. The summed E-state index contributed by atoms with van der Waals surface area (Å²) in [5, 5.41) is 52.2. The second-order valence-electron chi connectivity index (χ2n) is 32.3. The summed E-state index contributed by atoms with van der Waals surface area (Å²) in [7, 11) is 0. The maximum absolute atomic E-state index is 12.8. The lowest BCUT2D eigenvalue weighted by molar-refractivity contribution is 0.0877. The molecule has 3 aliphatic heterocycles. The molecular formula is C90H88BrCl3N24O3. The molecule has 0 aliphatic carbocycles. The van der Waals surface area contributed by atoms with Crippen molar-refractivity contribution in [2.24, 2.45) is 17.2 Å². The number of nitriles is 3. The summed E-state index contributed by atoms with van der Waals surface area (Å²) in [6, 6.07) is 34.5. The molecule has 12 aromatic heterocycles. The minimum Gasteiger partial charge on any atom is -0.356 e. The molecule has 3 amide bonds. The molecule has 0 atom stereocenters. The first kappa shape index (κ1) is 87.5. The van der Waals surface area contributed by atoms with Gasteiger partial charge in [-0.1, -0.05) is 64.4 Å². The summed E-state index contributed by atoms with van der Waals surface area (Å²) in [5.74, 6) is 16.5. The maximum atomic E-state index is 12.8. The second-order valence-corrected chi connectivity index (χ2v) is 34.4. The largest absolute Gasteiger partial charge is 0.356 e. The van der Waals surface area contributed by atoms with Crippen LogP contribution in [0.3, 0.4) is 0 Å². The normalized spacial score (nSPS) is 14.6. The van der Waals surface area contributed by atoms with Gasteiger partial charge in [-0.3, -0.25) is 14.4 Å². The zero-order valence-electron chi connectivity index (χ0n) is 68.2. The van der Waals surface area contributed by atoms with Gasteiger partial charge in [0.2, 0.25) is 0 Å². The number of hydrogen-bond acceptors (Lipinski definition) is 21. The van der Waals surface area contributed by atoms with E-state index in [0.717, 1.165) is 150 Å². The smallest absolute Gasteiger partial charge is 0.271 e. The molecule has 0 bridgehead atoms. The molecule has 3 saturated heterocycles. The van der Waals surface area contributed by atoms with Crippen LogP contribution in [0.4, 0.5) is 17.5 Å². The van der Waals surface area contributed by atoms with E-state index < -0.39 is 16.6 Å². The van der Waals surface area contributed by atoms with Crippen molar-refractivity contribution in [1.29, 1.82) is 15.8 Å². The van der Waals surface area contributed by atoms with Gasteiger partial charge < -0.3 is 47.9 Å². The quantitative estimate of drug-likeness (QED) is 0.0619. The van der Waals surface area contributed by atoms with Crippen LogP contribution in [-0.4, -0.2) is 149 Å². The van der Waals surface area contributed by atoms with E-state index in [4.69, 9.17) is 73.4 Å². The summed E-state index contributed by atoms with van der Waals surface area (Å²) >= 11 is 22.0. The summed E-state index contributed by atoms with van der Waals surface area (Å²) in [4.78, 5) is 71.4. The van der Waals surface area contributed by atoms with Crippen LogP contribution in [0.5, 0.6) is 0 Å². The van der Waals surface area contributed by atoms with Gasteiger partial charge in [0.25, 0.3) is 17.7 Å². The number of nitrogens with zero attached hydrogens (tertiary/aromatic N) is 18. The third-order valence-electron chi connectivity index (χ3n) is 20.5. The number of nitrogens with one attached hydrogen (secondary N) is 3. The Bertz CT molecular complexity index is 5940. The standard InChI is InChI=1S/2C30H29ClN8O.C25H21BrClN7O.C5H9N/c2*1-29(2,33)9-8-20-15-23(27-22(16-32)18-36-39(27)19-20)21-6-7-25(35-17-21)38-13-10-30(3,11-14-38)37-28(40)26-24(31)5-4-12-34-26;1-25(32-24(35)22-20(27)3-2-8-29-22)6-9-33(10-7-25)21-5-4-16(13-30-21)19-11-18(26)15-34-23(19)17(12-28)14-31-34;1-4-5(2,3)6/h2*4-7,12,15,17-19H,10-11,13-14,33H2,1-3H3,(H,37,40);2-5,8,11,13-15H,6-7,9-10H2,1H3,(H,32,35);1H,6H2,2-3H3. The van der Waals surface area contributed by atoms with Crippen LogP contribution >= 0.6 is 50.7 Å². The molecule has 0 spiro atoms. The Labute approximate surface area is 725 Å². The van der Waals surface area contributed by atoms with Gasteiger partial charge in [-0.2, -0.15) is 31.1 Å². The minimum absolute atomic E-state index is 0.235. The molecule has 121 heavy (non-hydrogen) atoms. The molecule has 3 fully saturated rings. The van der Waals surface area contributed by atoms with Crippen LogP contribution in [-0.2, 0) is 0 Å². The predicted molar refractivity (Wildman–Crippen MR) is 474 cm³/mol. The van der Waals surface area contributed by atoms with Crippen LogP contribution in [0.2, 0.25) is 15.1 Å². The lowest BCUT2D eigenvalue weighted by Gasteiger charge is -2.40. The maximum Gasteiger partial charge on any atom is 0.271 e. The highest BCUT2D eigenvalue weighted by Gasteiger charge is 2.37. The number of anilines is 3. The van der Waals surface area contributed by atoms with Crippen molar-refractivity contribution in [2.45, 2.75) is 134 Å². The molecule has 0 aromatic carbocycles. The molecule has 614 valence electrons. The fraction of sp³-hybridized carbons (Fsp3) is 0.300. The van der Waals surface area contributed by atoms with Gasteiger partial charge in [-0.05, 0) is 208 Å². The topological polar surface area (TPSA) is 376 Å². The van der Waals surface area contributed by atoms with Crippen LogP contribution in [0.25, 0.3) is 49.9 Å². The number of hydrogen-bond donors (Lipinski definition) is 6. The Kier molecular flexibility index (Phi) is 26.6. The first-order chi connectivity index (χ1) is 57.5. The SMILES string of the molecule is C#CC(C)(C)N.CC(C)(N)C#Cc1cc(-c2ccc(N3CCC(C)(NC(=O)c4ncccc4Cl)CC3)nc2)c2c(C#N)cnn2c1.CC(C)(N)C#Cc1cc(-c2ccc(N3CCC(C)(NC(=O)c4ncccc4Cl)CC3)nc2)c2c(C#N)cnn2c1.CC1(NC(=O)c2ncccc2Cl)CCN(c2ccc(-c3cc(Br)cn4ncc(C#N)c34)cn2)CC1. The number of fused-ring (bicyclic) bond motifs is 3. The van der Waals surface area contributed by atoms with Crippen molar-refractivity contribution in [2.75, 3.05) is 54.0 Å². The number of aromatic nitrogens is 12. The molecule has 27 nitrogen and oxygen atoms in total. The Morgan fingerprint density at radius 1 is 0.446 bits per heavy atom. The fourth-order valence-corrected chi connectivity index (χ4v) is 14.8. The summed E-state index contributed by atoms with van der Waals surface area (Å²) in [5.41, 5.74) is 25.5. The molecule has 9 N–H and O–H groups in total. The van der Waals surface area contributed by atoms with E-state index in [9.17, 15) is 30.2 Å². The number of carbonyl (C=O) groups is 3. The fourth-order valence-electron chi connectivity index (χ4n) is 13.8. The van der Waals surface area contributed by atoms with Crippen molar-refractivity contribution in [3.05, 3.63) is 230 Å². The summed E-state index contributed by atoms with van der Waals surface area (Å²) < 4.78 is 5.91. The van der Waals surface area contributed by atoms with Crippen molar-refractivity contribution in [3.8, 4) is 87.6 Å². The van der Waals surface area contributed by atoms with E-state index in [-0.39, 0.29) is 51.4 Å². The number of nitrogens with two attached hydrogens (primary N) is 3. The van der Waals surface area contributed by atoms with Gasteiger partial charge in [-0.15, -0.1) is 6.42 Å². The second kappa shape index (κ2) is 36.8. The Morgan fingerprint density at radius 3 is 0.992 bits per heavy atom. The highest BCUT2D eigenvalue weighted by atomic mass is 79.9. The molecule has 3 aliphatic rings. The number of carbonyl (C=O) groups excluding carboxylic acids is 3. The Balaban J connectivity index is 0.000000161. The highest BCUT2D eigenvalue weighted by Crippen LogP contribution is 2.37. The zero-order valence-corrected chi connectivity index (χ0v) is 72.0. The van der Waals surface area contributed by atoms with Crippen molar-refractivity contribution in [1.82, 2.24) is 74.7 Å². The third-order valence-corrected chi connectivity index (χ3v) is 21.9. The van der Waals surface area contributed by atoms with Gasteiger partial charge in [0.15, 0.2) is 0 Å². The van der Waals surface area contributed by atoms with Crippen molar-refractivity contribution >= 4 is 102 Å². The van der Waals surface area contributed by atoms with Crippen LogP contribution < -0.4 is 47.9 Å². The van der Waals surface area contributed by atoms with E-state index in [1.54, 1.807) is 113 Å². The van der Waals surface area contributed by atoms with Gasteiger partial charge in [0, 0.05) is 161 Å². The van der Waals surface area contributed by atoms with E-state index >= 15 is 0 Å². The van der Waals surface area contributed by atoms with Crippen molar-refractivity contribution < 1.29 is 14.4 Å². The number of pyridine rings is 9. The van der Waals surface area contributed by atoms with Crippen LogP contribution in [0.1, 0.15) is 160 Å². The average Bonchev–Trinajstić information content (AvgIpc) is 1.67. The average molecular weight is 1740 g/mol. The van der Waals surface area contributed by atoms with E-state index in [2.05, 4.69) is 125 Å². The molecule has 31 heteroatoms. The molecule has 0 saturated carbocycles. The summed E-state index contributed by atoms with van der Waals surface area (Å²) in [6.45, 7) is 21.5. The summed E-state index contributed by atoms with van der Waals surface area (Å²) in [6.07, 6.45) is 29.6.